The molecule has 1 N–H and O–H groups in total. The van der Waals surface area contributed by atoms with Crippen molar-refractivity contribution in [2.45, 2.75) is 26.4 Å². The van der Waals surface area contributed by atoms with Gasteiger partial charge in [0.2, 0.25) is 0 Å². The summed E-state index contributed by atoms with van der Waals surface area (Å²) in [7, 11) is 2.15. The molecule has 0 aromatic heterocycles. The molecule has 0 saturated carbocycles. The van der Waals surface area contributed by atoms with Gasteiger partial charge in [0.15, 0.2) is 6.10 Å². The maximum atomic E-state index is 12.6. The zero-order valence-electron chi connectivity index (χ0n) is 16.4. The number of amides is 1. The van der Waals surface area contributed by atoms with Gasteiger partial charge in [-0.1, -0.05) is 24.6 Å². The van der Waals surface area contributed by atoms with Gasteiger partial charge in [0, 0.05) is 37.6 Å². The number of ether oxygens (including phenoxy) is 1. The minimum Gasteiger partial charge on any atom is -0.481 e. The van der Waals surface area contributed by atoms with Crippen molar-refractivity contribution >= 4 is 17.3 Å². The average Bonchev–Trinajstić information content (AvgIpc) is 2.69. The number of likely N-dealkylation sites (N-methyl/N-ethyl adjacent to an activating group) is 1. The molecule has 144 valence electrons. The zero-order chi connectivity index (χ0) is 19.2. The van der Waals surface area contributed by atoms with Crippen LogP contribution in [-0.2, 0) is 4.79 Å². The average molecular weight is 367 g/mol. The maximum Gasteiger partial charge on any atom is 0.265 e. The first kappa shape index (κ1) is 19.2. The molecule has 1 aliphatic rings. The largest absolute Gasteiger partial charge is 0.481 e. The summed E-state index contributed by atoms with van der Waals surface area (Å²) in [4.78, 5) is 17.3. The van der Waals surface area contributed by atoms with Gasteiger partial charge in [-0.15, -0.1) is 0 Å². The highest BCUT2D eigenvalue weighted by atomic mass is 16.5. The Hall–Kier alpha value is -2.53. The molecule has 5 nitrogen and oxygen atoms in total. The number of carbonyl (C=O) groups excluding carboxylic acids is 1. The standard InChI is InChI=1S/C22H29N3O2/c1-4-21(27-20-11-5-17(2)6-12-20)22(26)23-18-7-9-19(10-8-18)25-15-13-24(3)14-16-25/h5-12,21H,4,13-16H2,1-3H3,(H,23,26). The van der Waals surface area contributed by atoms with Crippen molar-refractivity contribution in [3.63, 3.8) is 0 Å². The molecule has 1 unspecified atom stereocenters. The molecule has 2 aromatic carbocycles. The van der Waals surface area contributed by atoms with Crippen molar-refractivity contribution in [3.8, 4) is 5.75 Å². The lowest BCUT2D eigenvalue weighted by Gasteiger charge is -2.34. The van der Waals surface area contributed by atoms with Crippen LogP contribution in [0.15, 0.2) is 48.5 Å². The van der Waals surface area contributed by atoms with Gasteiger partial charge >= 0.3 is 0 Å². The maximum absolute atomic E-state index is 12.6. The fraction of sp³-hybridized carbons (Fsp3) is 0.409. The molecule has 1 atom stereocenters. The van der Waals surface area contributed by atoms with E-state index in [0.29, 0.717) is 12.2 Å². The minimum atomic E-state index is -0.509. The first-order valence-corrected chi connectivity index (χ1v) is 9.63. The highest BCUT2D eigenvalue weighted by Gasteiger charge is 2.19. The first-order valence-electron chi connectivity index (χ1n) is 9.63. The van der Waals surface area contributed by atoms with E-state index in [1.54, 1.807) is 0 Å². The summed E-state index contributed by atoms with van der Waals surface area (Å²) in [5.74, 6) is 0.596. The number of aryl methyl sites for hydroxylation is 1. The van der Waals surface area contributed by atoms with E-state index in [1.165, 1.54) is 11.3 Å². The SMILES string of the molecule is CCC(Oc1ccc(C)cc1)C(=O)Nc1ccc(N2CCN(C)CC2)cc1. The Balaban J connectivity index is 1.58. The Morgan fingerprint density at radius 3 is 2.26 bits per heavy atom. The fourth-order valence-electron chi connectivity index (χ4n) is 3.15. The minimum absolute atomic E-state index is 0.120. The van der Waals surface area contributed by atoms with Crippen LogP contribution in [0.1, 0.15) is 18.9 Å². The number of piperazine rings is 1. The molecule has 0 spiro atoms. The van der Waals surface area contributed by atoms with Crippen LogP contribution in [0.4, 0.5) is 11.4 Å². The van der Waals surface area contributed by atoms with Gasteiger partial charge in [0.25, 0.3) is 5.91 Å². The molecule has 5 heteroatoms. The highest BCUT2D eigenvalue weighted by Crippen LogP contribution is 2.20. The Bertz CT molecular complexity index is 735. The van der Waals surface area contributed by atoms with E-state index in [0.717, 1.165) is 31.9 Å². The summed E-state index contributed by atoms with van der Waals surface area (Å²) in [6.45, 7) is 8.20. The van der Waals surface area contributed by atoms with Crippen LogP contribution in [-0.4, -0.2) is 50.1 Å². The van der Waals surface area contributed by atoms with Crippen molar-refractivity contribution in [3.05, 3.63) is 54.1 Å². The third-order valence-electron chi connectivity index (χ3n) is 4.97. The molecule has 1 heterocycles. The van der Waals surface area contributed by atoms with Gasteiger partial charge < -0.3 is 19.9 Å². The van der Waals surface area contributed by atoms with E-state index in [9.17, 15) is 4.79 Å². The van der Waals surface area contributed by atoms with Gasteiger partial charge in [-0.25, -0.2) is 0 Å². The van der Waals surface area contributed by atoms with E-state index in [4.69, 9.17) is 4.74 Å². The lowest BCUT2D eigenvalue weighted by Crippen LogP contribution is -2.44. The quantitative estimate of drug-likeness (QED) is 0.848. The molecule has 1 fully saturated rings. The topological polar surface area (TPSA) is 44.8 Å². The smallest absolute Gasteiger partial charge is 0.265 e. The van der Waals surface area contributed by atoms with Gasteiger partial charge in [-0.2, -0.15) is 0 Å². The summed E-state index contributed by atoms with van der Waals surface area (Å²) < 4.78 is 5.86. The number of nitrogens with one attached hydrogen (secondary N) is 1. The molecule has 0 bridgehead atoms. The molecule has 1 amide bonds. The Morgan fingerprint density at radius 1 is 1.04 bits per heavy atom. The molecule has 27 heavy (non-hydrogen) atoms. The Morgan fingerprint density at radius 2 is 1.67 bits per heavy atom. The van der Waals surface area contributed by atoms with Crippen molar-refractivity contribution < 1.29 is 9.53 Å². The molecule has 0 radical (unpaired) electrons. The number of carbonyl (C=O) groups is 1. The van der Waals surface area contributed by atoms with E-state index >= 15 is 0 Å². The third kappa shape index (κ3) is 5.23. The summed E-state index contributed by atoms with van der Waals surface area (Å²) in [5, 5.41) is 2.97. The van der Waals surface area contributed by atoms with Crippen LogP contribution in [0.5, 0.6) is 5.75 Å². The number of anilines is 2. The number of nitrogens with zero attached hydrogens (tertiary/aromatic N) is 2. The Labute approximate surface area is 161 Å². The number of hydrogen-bond donors (Lipinski definition) is 1. The van der Waals surface area contributed by atoms with Gasteiger partial charge in [-0.05, 0) is 56.8 Å². The predicted octanol–water partition coefficient (Wildman–Crippen LogP) is 3.54. The first-order chi connectivity index (χ1) is 13.0. The molecular weight excluding hydrogens is 338 g/mol. The second-order valence-electron chi connectivity index (χ2n) is 7.15. The van der Waals surface area contributed by atoms with Crippen LogP contribution in [0.25, 0.3) is 0 Å². The zero-order valence-corrected chi connectivity index (χ0v) is 16.4. The molecule has 0 aliphatic carbocycles. The second-order valence-corrected chi connectivity index (χ2v) is 7.15. The lowest BCUT2D eigenvalue weighted by atomic mass is 10.2. The van der Waals surface area contributed by atoms with Crippen LogP contribution in [0.3, 0.4) is 0 Å². The van der Waals surface area contributed by atoms with Gasteiger partial charge in [0.05, 0.1) is 0 Å². The number of benzene rings is 2. The normalized spacial score (nSPS) is 16.0. The van der Waals surface area contributed by atoms with Crippen LogP contribution < -0.4 is 15.0 Å². The molecular formula is C22H29N3O2. The second kappa shape index (κ2) is 8.91. The van der Waals surface area contributed by atoms with Crippen molar-refractivity contribution in [2.75, 3.05) is 43.4 Å². The van der Waals surface area contributed by atoms with E-state index in [1.807, 2.05) is 50.2 Å². The number of hydrogen-bond acceptors (Lipinski definition) is 4. The van der Waals surface area contributed by atoms with Crippen LogP contribution in [0, 0.1) is 6.92 Å². The van der Waals surface area contributed by atoms with Crippen molar-refractivity contribution in [1.82, 2.24) is 4.90 Å². The summed E-state index contributed by atoms with van der Waals surface area (Å²) in [6.07, 6.45) is 0.101. The van der Waals surface area contributed by atoms with Gasteiger partial charge in [0.1, 0.15) is 5.75 Å². The Kier molecular flexibility index (Phi) is 6.35. The molecule has 1 aliphatic heterocycles. The van der Waals surface area contributed by atoms with Gasteiger partial charge in [-0.3, -0.25) is 4.79 Å². The molecule has 3 rings (SSSR count). The molecule has 2 aromatic rings. The summed E-state index contributed by atoms with van der Waals surface area (Å²) in [6, 6.07) is 15.8. The number of rotatable bonds is 6. The predicted molar refractivity (Wildman–Crippen MR) is 111 cm³/mol. The summed E-state index contributed by atoms with van der Waals surface area (Å²) in [5.41, 5.74) is 3.16. The third-order valence-corrected chi connectivity index (χ3v) is 4.97. The van der Waals surface area contributed by atoms with E-state index in [-0.39, 0.29) is 5.91 Å². The lowest BCUT2D eigenvalue weighted by molar-refractivity contribution is -0.122. The van der Waals surface area contributed by atoms with Crippen molar-refractivity contribution in [1.29, 1.82) is 0 Å². The van der Waals surface area contributed by atoms with E-state index < -0.39 is 6.10 Å². The van der Waals surface area contributed by atoms with Crippen LogP contribution in [0.2, 0.25) is 0 Å². The summed E-state index contributed by atoms with van der Waals surface area (Å²) >= 11 is 0. The highest BCUT2D eigenvalue weighted by molar-refractivity contribution is 5.94. The molecule has 1 saturated heterocycles. The monoisotopic (exact) mass is 367 g/mol. The fourth-order valence-corrected chi connectivity index (χ4v) is 3.15. The van der Waals surface area contributed by atoms with E-state index in [2.05, 4.69) is 34.3 Å². The van der Waals surface area contributed by atoms with Crippen LogP contribution >= 0.6 is 0 Å². The van der Waals surface area contributed by atoms with Crippen molar-refractivity contribution in [2.24, 2.45) is 0 Å².